The Hall–Kier alpha value is -2.59. The number of ether oxygens (including phenoxy) is 2. The number of hydrogen-bond acceptors (Lipinski definition) is 4. The zero-order valence-electron chi connectivity index (χ0n) is 16.1. The first-order valence-corrected chi connectivity index (χ1v) is 9.50. The van der Waals surface area contributed by atoms with Gasteiger partial charge < -0.3 is 9.47 Å². The smallest absolute Gasteiger partial charge is 0.161 e. The summed E-state index contributed by atoms with van der Waals surface area (Å²) in [6.07, 6.45) is 3.68. The van der Waals surface area contributed by atoms with Gasteiger partial charge in [0.05, 0.1) is 7.11 Å². The van der Waals surface area contributed by atoms with E-state index in [-0.39, 0.29) is 5.78 Å². The zero-order valence-corrected chi connectivity index (χ0v) is 16.1. The maximum Gasteiger partial charge on any atom is 0.161 e. The first-order valence-electron chi connectivity index (χ1n) is 9.50. The molecule has 1 saturated heterocycles. The van der Waals surface area contributed by atoms with Gasteiger partial charge in [0.2, 0.25) is 0 Å². The van der Waals surface area contributed by atoms with E-state index >= 15 is 0 Å². The highest BCUT2D eigenvalue weighted by atomic mass is 16.5. The van der Waals surface area contributed by atoms with Crippen LogP contribution in [0.5, 0.6) is 11.5 Å². The Balaban J connectivity index is 1.74. The number of piperidine rings is 1. The number of benzene rings is 2. The molecule has 1 fully saturated rings. The lowest BCUT2D eigenvalue weighted by molar-refractivity contribution is -0.117. The highest BCUT2D eigenvalue weighted by Crippen LogP contribution is 2.30. The molecule has 4 heteroatoms. The molecule has 0 spiro atoms. The molecule has 142 valence electrons. The summed E-state index contributed by atoms with van der Waals surface area (Å²) < 4.78 is 11.4. The minimum atomic E-state index is 0.241. The molecule has 4 nitrogen and oxygen atoms in total. The van der Waals surface area contributed by atoms with E-state index in [1.807, 2.05) is 54.6 Å². The van der Waals surface area contributed by atoms with Crippen LogP contribution in [0.1, 0.15) is 30.9 Å². The molecule has 0 N–H and O–H groups in total. The molecule has 1 aliphatic heterocycles. The molecule has 0 bridgehead atoms. The van der Waals surface area contributed by atoms with Gasteiger partial charge in [-0.15, -0.1) is 0 Å². The summed E-state index contributed by atoms with van der Waals surface area (Å²) in [6, 6.07) is 15.8. The Morgan fingerprint density at radius 2 is 1.93 bits per heavy atom. The van der Waals surface area contributed by atoms with Gasteiger partial charge in [-0.25, -0.2) is 0 Å². The van der Waals surface area contributed by atoms with Gasteiger partial charge >= 0.3 is 0 Å². The van der Waals surface area contributed by atoms with Gasteiger partial charge in [0.1, 0.15) is 6.61 Å². The summed E-state index contributed by atoms with van der Waals surface area (Å²) in [7, 11) is 1.64. The summed E-state index contributed by atoms with van der Waals surface area (Å²) in [5.74, 6) is 1.62. The van der Waals surface area contributed by atoms with Crippen LogP contribution in [0.15, 0.2) is 54.1 Å². The lowest BCUT2D eigenvalue weighted by Gasteiger charge is -2.27. The number of ketones is 1. The summed E-state index contributed by atoms with van der Waals surface area (Å²) in [5, 5.41) is 0. The third kappa shape index (κ3) is 5.20. The average Bonchev–Trinajstić information content (AvgIpc) is 2.70. The summed E-state index contributed by atoms with van der Waals surface area (Å²) in [6.45, 7) is 5.27. The summed E-state index contributed by atoms with van der Waals surface area (Å²) in [5.41, 5.74) is 2.94. The molecule has 2 aromatic rings. The van der Waals surface area contributed by atoms with Gasteiger partial charge in [-0.2, -0.15) is 0 Å². The van der Waals surface area contributed by atoms with Crippen LogP contribution in [0, 0.1) is 0 Å². The lowest BCUT2D eigenvalue weighted by atomic mass is 10.00. The van der Waals surface area contributed by atoms with E-state index in [4.69, 9.17) is 9.47 Å². The molecule has 2 aromatic carbocycles. The van der Waals surface area contributed by atoms with Crippen LogP contribution in [0.2, 0.25) is 0 Å². The number of methoxy groups -OCH3 is 1. The van der Waals surface area contributed by atoms with Crippen molar-refractivity contribution in [2.75, 3.05) is 26.7 Å². The van der Waals surface area contributed by atoms with Crippen LogP contribution in [-0.4, -0.2) is 37.4 Å². The predicted octanol–water partition coefficient (Wildman–Crippen LogP) is 4.34. The van der Waals surface area contributed by atoms with Crippen LogP contribution in [-0.2, 0) is 11.4 Å². The maximum atomic E-state index is 12.3. The fourth-order valence-corrected chi connectivity index (χ4v) is 3.29. The van der Waals surface area contributed by atoms with Gasteiger partial charge in [-0.3, -0.25) is 9.69 Å². The fourth-order valence-electron chi connectivity index (χ4n) is 3.29. The van der Waals surface area contributed by atoms with Crippen molar-refractivity contribution in [1.29, 1.82) is 0 Å². The SMILES string of the molecule is CCCN1CCC(=O)/C(=C/c2ccc(OCc3ccccc3)c(OC)c2)C1. The van der Waals surface area contributed by atoms with Crippen LogP contribution in [0.25, 0.3) is 6.08 Å². The molecule has 0 aliphatic carbocycles. The van der Waals surface area contributed by atoms with Crippen LogP contribution >= 0.6 is 0 Å². The van der Waals surface area contributed by atoms with Gasteiger partial charge in [-0.1, -0.05) is 43.3 Å². The molecule has 0 atom stereocenters. The molecular weight excluding hydrogens is 338 g/mol. The Morgan fingerprint density at radius 3 is 2.67 bits per heavy atom. The Kier molecular flexibility index (Phi) is 6.66. The lowest BCUT2D eigenvalue weighted by Crippen LogP contribution is -2.36. The van der Waals surface area contributed by atoms with E-state index < -0.39 is 0 Å². The minimum Gasteiger partial charge on any atom is -0.493 e. The first kappa shape index (κ1) is 19.2. The van der Waals surface area contributed by atoms with Crippen molar-refractivity contribution >= 4 is 11.9 Å². The van der Waals surface area contributed by atoms with Crippen LogP contribution in [0.3, 0.4) is 0 Å². The quantitative estimate of drug-likeness (QED) is 0.684. The van der Waals surface area contributed by atoms with Crippen molar-refractivity contribution in [2.45, 2.75) is 26.4 Å². The molecule has 0 unspecified atom stereocenters. The fraction of sp³-hybridized carbons (Fsp3) is 0.348. The molecule has 0 aromatic heterocycles. The van der Waals surface area contributed by atoms with Gasteiger partial charge in [0.25, 0.3) is 0 Å². The Bertz CT molecular complexity index is 799. The zero-order chi connectivity index (χ0) is 19.1. The largest absolute Gasteiger partial charge is 0.493 e. The van der Waals surface area contributed by atoms with Gasteiger partial charge in [-0.05, 0) is 42.3 Å². The number of rotatable bonds is 7. The number of likely N-dealkylation sites (tertiary alicyclic amines) is 1. The number of hydrogen-bond donors (Lipinski definition) is 0. The molecule has 1 aliphatic rings. The van der Waals surface area contributed by atoms with E-state index in [1.54, 1.807) is 7.11 Å². The molecule has 0 amide bonds. The minimum absolute atomic E-state index is 0.241. The number of carbonyl (C=O) groups is 1. The van der Waals surface area contributed by atoms with E-state index in [9.17, 15) is 4.79 Å². The standard InChI is InChI=1S/C23H27NO3/c1-3-12-24-13-11-21(25)20(16-24)14-19-9-10-22(23(15-19)26-2)27-17-18-7-5-4-6-8-18/h4-10,14-15H,3,11-13,16-17H2,1-2H3/b20-14+. The molecule has 1 heterocycles. The molecular formula is C23H27NO3. The molecule has 27 heavy (non-hydrogen) atoms. The normalized spacial score (nSPS) is 16.5. The van der Waals surface area contributed by atoms with E-state index in [0.717, 1.165) is 42.8 Å². The highest BCUT2D eigenvalue weighted by molar-refractivity contribution is 6.00. The van der Waals surface area contributed by atoms with Crippen molar-refractivity contribution in [2.24, 2.45) is 0 Å². The third-order valence-corrected chi connectivity index (χ3v) is 4.71. The molecule has 0 radical (unpaired) electrons. The molecule has 0 saturated carbocycles. The van der Waals surface area contributed by atoms with Crippen molar-refractivity contribution in [3.05, 3.63) is 65.2 Å². The van der Waals surface area contributed by atoms with E-state index in [0.29, 0.717) is 24.5 Å². The van der Waals surface area contributed by atoms with Gasteiger partial charge in [0.15, 0.2) is 17.3 Å². The van der Waals surface area contributed by atoms with Crippen LogP contribution in [0.4, 0.5) is 0 Å². The van der Waals surface area contributed by atoms with E-state index in [2.05, 4.69) is 11.8 Å². The monoisotopic (exact) mass is 365 g/mol. The van der Waals surface area contributed by atoms with Crippen molar-refractivity contribution < 1.29 is 14.3 Å². The van der Waals surface area contributed by atoms with Crippen LogP contribution < -0.4 is 9.47 Å². The first-order chi connectivity index (χ1) is 13.2. The van der Waals surface area contributed by atoms with Crippen molar-refractivity contribution in [1.82, 2.24) is 4.90 Å². The van der Waals surface area contributed by atoms with E-state index in [1.165, 1.54) is 0 Å². The van der Waals surface area contributed by atoms with Gasteiger partial charge in [0, 0.05) is 25.1 Å². The Labute approximate surface area is 161 Å². The molecule has 3 rings (SSSR count). The third-order valence-electron chi connectivity index (χ3n) is 4.71. The second-order valence-corrected chi connectivity index (χ2v) is 6.80. The second kappa shape index (κ2) is 9.38. The number of nitrogens with zero attached hydrogens (tertiary/aromatic N) is 1. The predicted molar refractivity (Wildman–Crippen MR) is 108 cm³/mol. The average molecular weight is 365 g/mol. The second-order valence-electron chi connectivity index (χ2n) is 6.80. The maximum absolute atomic E-state index is 12.3. The Morgan fingerprint density at radius 1 is 1.11 bits per heavy atom. The summed E-state index contributed by atoms with van der Waals surface area (Å²) in [4.78, 5) is 14.6. The topological polar surface area (TPSA) is 38.8 Å². The number of carbonyl (C=O) groups excluding carboxylic acids is 1. The highest BCUT2D eigenvalue weighted by Gasteiger charge is 2.20. The van der Waals surface area contributed by atoms with Crippen molar-refractivity contribution in [3.63, 3.8) is 0 Å². The summed E-state index contributed by atoms with van der Waals surface area (Å²) >= 11 is 0. The number of Topliss-reactive ketones (excluding diaryl/α,β-unsaturated/α-hetero) is 1. The van der Waals surface area contributed by atoms with Crippen molar-refractivity contribution in [3.8, 4) is 11.5 Å².